The molecule has 4 rings (SSSR count). The molecule has 4 aliphatic rings. The van der Waals surface area contributed by atoms with Crippen LogP contribution < -0.4 is 5.32 Å². The molecule has 0 aromatic heterocycles. The van der Waals surface area contributed by atoms with E-state index in [1.165, 1.54) is 20.0 Å². The lowest BCUT2D eigenvalue weighted by Gasteiger charge is -2.60. The van der Waals surface area contributed by atoms with Gasteiger partial charge in [-0.2, -0.15) is 0 Å². The van der Waals surface area contributed by atoms with Gasteiger partial charge in [-0.3, -0.25) is 4.79 Å². The van der Waals surface area contributed by atoms with E-state index >= 15 is 0 Å². The molecule has 4 fully saturated rings. The quantitative estimate of drug-likeness (QED) is 0.631. The smallest absolute Gasteiger partial charge is 0.406 e. The Morgan fingerprint density at radius 3 is 2.58 bits per heavy atom. The normalized spacial score (nSPS) is 45.3. The minimum absolute atomic E-state index is 0.102. The van der Waals surface area contributed by atoms with Gasteiger partial charge in [-0.05, 0) is 97.4 Å². The maximum atomic E-state index is 13.7. The van der Waals surface area contributed by atoms with Gasteiger partial charge >= 0.3 is 6.09 Å². The molecular formula is C26H41NO4. The average Bonchev–Trinajstić information content (AvgIpc) is 3.10. The average molecular weight is 432 g/mol. The second-order valence-corrected chi connectivity index (χ2v) is 11.5. The predicted molar refractivity (Wildman–Crippen MR) is 120 cm³/mol. The number of fused-ring (bicyclic) bond motifs is 5. The van der Waals surface area contributed by atoms with Gasteiger partial charge in [-0.15, -0.1) is 0 Å². The van der Waals surface area contributed by atoms with E-state index in [-0.39, 0.29) is 34.9 Å². The largest absolute Gasteiger partial charge is 0.453 e. The molecule has 0 aromatic carbocycles. The molecule has 0 aromatic rings. The highest BCUT2D eigenvalue weighted by atomic mass is 16.5. The minimum atomic E-state index is -0.366. The van der Waals surface area contributed by atoms with E-state index in [1.807, 2.05) is 0 Å². The number of Topliss-reactive ketones (excluding diaryl/α,β-unsaturated/α-hetero) is 1. The Labute approximate surface area is 187 Å². The zero-order valence-electron chi connectivity index (χ0n) is 19.8. The second-order valence-electron chi connectivity index (χ2n) is 11.5. The topological polar surface area (TPSA) is 75.6 Å². The van der Waals surface area contributed by atoms with Crippen LogP contribution >= 0.6 is 0 Å². The lowest BCUT2D eigenvalue weighted by molar-refractivity contribution is -0.149. The van der Waals surface area contributed by atoms with Gasteiger partial charge in [0.25, 0.3) is 0 Å². The van der Waals surface area contributed by atoms with Gasteiger partial charge in [-0.1, -0.05) is 27.4 Å². The Kier molecular flexibility index (Phi) is 6.04. The van der Waals surface area contributed by atoms with Crippen molar-refractivity contribution in [1.82, 2.24) is 5.32 Å². The summed E-state index contributed by atoms with van der Waals surface area (Å²) in [6, 6.07) is 0. The van der Waals surface area contributed by atoms with Gasteiger partial charge in [0, 0.05) is 12.5 Å². The number of ether oxygens (including phenoxy) is 1. The van der Waals surface area contributed by atoms with Crippen molar-refractivity contribution in [1.29, 1.82) is 0 Å². The Morgan fingerprint density at radius 2 is 1.87 bits per heavy atom. The van der Waals surface area contributed by atoms with E-state index in [0.717, 1.165) is 37.7 Å². The van der Waals surface area contributed by atoms with Crippen LogP contribution in [0.5, 0.6) is 0 Å². The van der Waals surface area contributed by atoms with Crippen molar-refractivity contribution < 1.29 is 19.4 Å². The van der Waals surface area contributed by atoms with E-state index in [9.17, 15) is 14.7 Å². The Morgan fingerprint density at radius 1 is 1.19 bits per heavy atom. The summed E-state index contributed by atoms with van der Waals surface area (Å²) < 4.78 is 4.69. The SMILES string of the molecule is C=C1C(=O)[C@@H]2[C@H](CC[C@]3(C)[C@@H]([C@H](C)CCNC(=O)OC)CC[C@@H]23)[C@@]2(C)CC[C@@H](O)C[C@@H]12. The highest BCUT2D eigenvalue weighted by Crippen LogP contribution is 2.68. The van der Waals surface area contributed by atoms with Gasteiger partial charge in [0.05, 0.1) is 13.2 Å². The Hall–Kier alpha value is -1.36. The monoisotopic (exact) mass is 431 g/mol. The van der Waals surface area contributed by atoms with Crippen LogP contribution in [-0.4, -0.2) is 36.7 Å². The summed E-state index contributed by atoms with van der Waals surface area (Å²) in [4.78, 5) is 25.1. The number of hydrogen-bond donors (Lipinski definition) is 2. The van der Waals surface area contributed by atoms with Crippen LogP contribution in [0, 0.1) is 46.3 Å². The first-order valence-electron chi connectivity index (χ1n) is 12.4. The zero-order chi connectivity index (χ0) is 22.6. The number of hydrogen-bond acceptors (Lipinski definition) is 4. The van der Waals surface area contributed by atoms with Crippen molar-refractivity contribution in [3.8, 4) is 0 Å². The van der Waals surface area contributed by atoms with Crippen LogP contribution in [-0.2, 0) is 9.53 Å². The molecule has 31 heavy (non-hydrogen) atoms. The third kappa shape index (κ3) is 3.55. The van der Waals surface area contributed by atoms with Crippen molar-refractivity contribution >= 4 is 11.9 Å². The van der Waals surface area contributed by atoms with Crippen LogP contribution in [0.1, 0.15) is 72.1 Å². The first kappa shape index (κ1) is 22.8. The summed E-state index contributed by atoms with van der Waals surface area (Å²) in [5.41, 5.74) is 1.08. The molecule has 4 saturated carbocycles. The predicted octanol–water partition coefficient (Wildman–Crippen LogP) is 4.73. The summed E-state index contributed by atoms with van der Waals surface area (Å²) in [6.07, 6.45) is 7.45. The number of nitrogens with one attached hydrogen (secondary N) is 1. The number of allylic oxidation sites excluding steroid dienone is 1. The zero-order valence-corrected chi connectivity index (χ0v) is 19.8. The number of methoxy groups -OCH3 is 1. The standard InChI is InChI=1S/C26H41NO4/c1-15(10-13-27-24(30)31-5)18-6-7-19-22-20(9-12-25(18,19)3)26(4)11-8-17(28)14-21(26)16(2)23(22)29/h15,17-22,28H,2,6-14H2,1,3-5H3,(H,27,30)/t15-,17-,18-,19+,20+,21+,22+,25-,26-/m1/s1. The molecule has 9 atom stereocenters. The van der Waals surface area contributed by atoms with E-state index in [0.29, 0.717) is 42.4 Å². The number of ketones is 1. The molecule has 174 valence electrons. The van der Waals surface area contributed by atoms with Crippen molar-refractivity contribution in [3.63, 3.8) is 0 Å². The molecule has 5 nitrogen and oxygen atoms in total. The number of amides is 1. The van der Waals surface area contributed by atoms with Crippen LogP contribution in [0.15, 0.2) is 12.2 Å². The number of carbonyl (C=O) groups is 2. The first-order chi connectivity index (χ1) is 14.6. The van der Waals surface area contributed by atoms with Crippen LogP contribution in [0.4, 0.5) is 4.79 Å². The number of carbonyl (C=O) groups excluding carboxylic acids is 2. The van der Waals surface area contributed by atoms with Crippen LogP contribution in [0.2, 0.25) is 0 Å². The maximum Gasteiger partial charge on any atom is 0.406 e. The fraction of sp³-hybridized carbons (Fsp3) is 0.846. The van der Waals surface area contributed by atoms with Crippen molar-refractivity contribution in [2.45, 2.75) is 78.2 Å². The van der Waals surface area contributed by atoms with Gasteiger partial charge in [-0.25, -0.2) is 4.79 Å². The Balaban J connectivity index is 1.53. The number of aliphatic hydroxyl groups is 1. The second kappa shape index (κ2) is 8.20. The highest BCUT2D eigenvalue weighted by molar-refractivity contribution is 5.99. The fourth-order valence-electron chi connectivity index (χ4n) is 8.58. The summed E-state index contributed by atoms with van der Waals surface area (Å²) in [6.45, 7) is 12.1. The summed E-state index contributed by atoms with van der Waals surface area (Å²) in [5, 5.41) is 13.1. The molecule has 2 N–H and O–H groups in total. The molecule has 0 heterocycles. The van der Waals surface area contributed by atoms with Gasteiger partial charge in [0.1, 0.15) is 0 Å². The summed E-state index contributed by atoms with van der Waals surface area (Å²) in [5.74, 6) is 2.50. The van der Waals surface area contributed by atoms with Gasteiger partial charge < -0.3 is 15.2 Å². The Bertz CT molecular complexity index is 750. The molecule has 0 radical (unpaired) electrons. The van der Waals surface area contributed by atoms with E-state index in [4.69, 9.17) is 4.74 Å². The van der Waals surface area contributed by atoms with E-state index < -0.39 is 0 Å². The maximum absolute atomic E-state index is 13.7. The van der Waals surface area contributed by atoms with Crippen LogP contribution in [0.25, 0.3) is 0 Å². The molecule has 0 bridgehead atoms. The summed E-state index contributed by atoms with van der Waals surface area (Å²) >= 11 is 0. The molecular weight excluding hydrogens is 390 g/mol. The van der Waals surface area contributed by atoms with E-state index in [1.54, 1.807) is 0 Å². The minimum Gasteiger partial charge on any atom is -0.453 e. The van der Waals surface area contributed by atoms with Crippen LogP contribution in [0.3, 0.4) is 0 Å². The van der Waals surface area contributed by atoms with Gasteiger partial charge in [0.2, 0.25) is 0 Å². The summed E-state index contributed by atoms with van der Waals surface area (Å²) in [7, 11) is 1.40. The third-order valence-corrected chi connectivity index (χ3v) is 10.3. The van der Waals surface area contributed by atoms with Crippen molar-refractivity contribution in [2.24, 2.45) is 46.3 Å². The molecule has 0 aliphatic heterocycles. The molecule has 0 spiro atoms. The molecule has 0 unspecified atom stereocenters. The van der Waals surface area contributed by atoms with Crippen molar-refractivity contribution in [3.05, 3.63) is 12.2 Å². The first-order valence-corrected chi connectivity index (χ1v) is 12.4. The van der Waals surface area contributed by atoms with E-state index in [2.05, 4.69) is 32.7 Å². The molecule has 4 aliphatic carbocycles. The number of rotatable bonds is 4. The molecule has 0 saturated heterocycles. The number of aliphatic hydroxyl groups excluding tert-OH is 1. The van der Waals surface area contributed by atoms with Crippen molar-refractivity contribution in [2.75, 3.05) is 13.7 Å². The fourth-order valence-corrected chi connectivity index (χ4v) is 8.58. The van der Waals surface area contributed by atoms with Gasteiger partial charge in [0.15, 0.2) is 5.78 Å². The number of alkyl carbamates (subject to hydrolysis) is 1. The highest BCUT2D eigenvalue weighted by Gasteiger charge is 2.63. The third-order valence-electron chi connectivity index (χ3n) is 10.3. The molecule has 5 heteroatoms. The lowest BCUT2D eigenvalue weighted by Crippen LogP contribution is -2.58. The lowest BCUT2D eigenvalue weighted by atomic mass is 9.43. The molecule has 1 amide bonds.